The monoisotopic (exact) mass is 275 g/mol. The van der Waals surface area contributed by atoms with Gasteiger partial charge >= 0.3 is 0 Å². The largest absolute Gasteiger partial charge is 0.327 e. The molecule has 104 valence electrons. The van der Waals surface area contributed by atoms with Crippen LogP contribution in [0.3, 0.4) is 0 Å². The van der Waals surface area contributed by atoms with Gasteiger partial charge in [0.05, 0.1) is 0 Å². The second kappa shape index (κ2) is 5.88. The smallest absolute Gasteiger partial charge is 0.0147 e. The quantitative estimate of drug-likeness (QED) is 0.883. The maximum Gasteiger partial charge on any atom is 0.0147 e. The zero-order valence-corrected chi connectivity index (χ0v) is 12.7. The topological polar surface area (TPSA) is 26.0 Å². The zero-order chi connectivity index (χ0) is 13.2. The highest BCUT2D eigenvalue weighted by Crippen LogP contribution is 2.45. The molecule has 1 nitrogen and oxygen atoms in total. The summed E-state index contributed by atoms with van der Waals surface area (Å²) in [5.74, 6) is 3.38. The third-order valence-electron chi connectivity index (χ3n) is 5.19. The maximum absolute atomic E-state index is 6.72. The molecule has 1 aromatic carbocycles. The lowest BCUT2D eigenvalue weighted by molar-refractivity contribution is 0.184. The minimum absolute atomic E-state index is 0.362. The van der Waals surface area contributed by atoms with Crippen molar-refractivity contribution in [2.24, 2.45) is 17.6 Å². The van der Waals surface area contributed by atoms with Crippen LogP contribution in [-0.2, 0) is 0 Å². The molecule has 1 saturated carbocycles. The second-order valence-electron chi connectivity index (χ2n) is 6.15. The van der Waals surface area contributed by atoms with Crippen LogP contribution in [0.2, 0.25) is 0 Å². The Balaban J connectivity index is 1.79. The molecule has 1 aromatic rings. The van der Waals surface area contributed by atoms with E-state index in [2.05, 4.69) is 31.2 Å². The van der Waals surface area contributed by atoms with Gasteiger partial charge in [0.2, 0.25) is 0 Å². The molecule has 2 aliphatic rings. The third kappa shape index (κ3) is 2.57. The molecule has 1 fully saturated rings. The molecule has 0 radical (unpaired) electrons. The molecule has 4 unspecified atom stereocenters. The van der Waals surface area contributed by atoms with Crippen molar-refractivity contribution in [2.75, 3.05) is 5.75 Å². The average molecular weight is 275 g/mol. The number of hydrogen-bond acceptors (Lipinski definition) is 2. The van der Waals surface area contributed by atoms with Crippen molar-refractivity contribution in [2.45, 2.75) is 55.9 Å². The predicted molar refractivity (Wildman–Crippen MR) is 83.6 cm³/mol. The number of benzene rings is 1. The Labute approximate surface area is 121 Å². The van der Waals surface area contributed by atoms with E-state index in [0.717, 1.165) is 11.8 Å². The second-order valence-corrected chi connectivity index (χ2v) is 7.21. The van der Waals surface area contributed by atoms with Crippen molar-refractivity contribution in [1.82, 2.24) is 0 Å². The summed E-state index contributed by atoms with van der Waals surface area (Å²) in [4.78, 5) is 1.46. The van der Waals surface area contributed by atoms with Crippen LogP contribution in [0.4, 0.5) is 0 Å². The van der Waals surface area contributed by atoms with Crippen molar-refractivity contribution in [3.05, 3.63) is 29.8 Å². The Hall–Kier alpha value is -0.470. The summed E-state index contributed by atoms with van der Waals surface area (Å²) in [6.07, 6.45) is 6.85. The highest BCUT2D eigenvalue weighted by Gasteiger charge is 2.36. The number of fused-ring (bicyclic) bond motifs is 1. The number of rotatable bonds is 3. The van der Waals surface area contributed by atoms with E-state index in [4.69, 9.17) is 5.73 Å². The maximum atomic E-state index is 6.72. The van der Waals surface area contributed by atoms with Gasteiger partial charge in [-0.15, -0.1) is 11.8 Å². The Bertz CT molecular complexity index is 431. The van der Waals surface area contributed by atoms with E-state index in [0.29, 0.717) is 12.0 Å². The van der Waals surface area contributed by atoms with Gasteiger partial charge in [0, 0.05) is 22.6 Å². The van der Waals surface area contributed by atoms with Crippen LogP contribution in [-0.4, -0.2) is 11.8 Å². The van der Waals surface area contributed by atoms with Crippen LogP contribution < -0.4 is 5.73 Å². The van der Waals surface area contributed by atoms with E-state index >= 15 is 0 Å². The van der Waals surface area contributed by atoms with Gasteiger partial charge in [-0.25, -0.2) is 0 Å². The third-order valence-corrected chi connectivity index (χ3v) is 6.40. The molecule has 0 saturated heterocycles. The molecule has 4 atom stereocenters. The Morgan fingerprint density at radius 1 is 1.26 bits per heavy atom. The summed E-state index contributed by atoms with van der Waals surface area (Å²) in [5.41, 5.74) is 8.24. The molecule has 0 aromatic heterocycles. The molecule has 0 spiro atoms. The van der Waals surface area contributed by atoms with Gasteiger partial charge in [0.25, 0.3) is 0 Å². The van der Waals surface area contributed by atoms with Crippen LogP contribution in [0.1, 0.15) is 50.5 Å². The highest BCUT2D eigenvalue weighted by molar-refractivity contribution is 7.99. The van der Waals surface area contributed by atoms with Crippen LogP contribution in [0.15, 0.2) is 29.2 Å². The molecular formula is C17H25NS. The van der Waals surface area contributed by atoms with Gasteiger partial charge in [0.15, 0.2) is 0 Å². The lowest BCUT2D eigenvalue weighted by Gasteiger charge is -2.37. The highest BCUT2D eigenvalue weighted by atomic mass is 32.2. The van der Waals surface area contributed by atoms with Gasteiger partial charge in [0.1, 0.15) is 0 Å². The SMILES string of the molecule is CCC1CCCCC1C(N)C1CSc2ccccc21. The molecular weight excluding hydrogens is 250 g/mol. The van der Waals surface area contributed by atoms with Crippen LogP contribution in [0.25, 0.3) is 0 Å². The van der Waals surface area contributed by atoms with Crippen LogP contribution in [0, 0.1) is 11.8 Å². The summed E-state index contributed by atoms with van der Waals surface area (Å²) in [7, 11) is 0. The Morgan fingerprint density at radius 3 is 2.89 bits per heavy atom. The Morgan fingerprint density at radius 2 is 2.05 bits per heavy atom. The molecule has 0 amide bonds. The van der Waals surface area contributed by atoms with Crippen LogP contribution >= 0.6 is 11.8 Å². The minimum atomic E-state index is 0.362. The van der Waals surface area contributed by atoms with E-state index in [1.54, 1.807) is 0 Å². The molecule has 2 heteroatoms. The summed E-state index contributed by atoms with van der Waals surface area (Å²) < 4.78 is 0. The summed E-state index contributed by atoms with van der Waals surface area (Å²) in [5, 5.41) is 0. The summed E-state index contributed by atoms with van der Waals surface area (Å²) in [6, 6.07) is 9.23. The fourth-order valence-corrected chi connectivity index (χ4v) is 5.38. The Kier molecular flexibility index (Phi) is 4.18. The fraction of sp³-hybridized carbons (Fsp3) is 0.647. The molecule has 3 rings (SSSR count). The summed E-state index contributed by atoms with van der Waals surface area (Å²) >= 11 is 2.00. The molecule has 1 heterocycles. The first-order chi connectivity index (χ1) is 9.31. The van der Waals surface area contributed by atoms with Gasteiger partial charge < -0.3 is 5.73 Å². The van der Waals surface area contributed by atoms with Gasteiger partial charge in [-0.1, -0.05) is 50.8 Å². The number of hydrogen-bond donors (Lipinski definition) is 1. The number of nitrogens with two attached hydrogens (primary N) is 1. The predicted octanol–water partition coefficient (Wildman–Crippen LogP) is 4.42. The average Bonchev–Trinajstić information content (AvgIpc) is 2.90. The van der Waals surface area contributed by atoms with Crippen molar-refractivity contribution in [3.8, 4) is 0 Å². The van der Waals surface area contributed by atoms with E-state index in [1.807, 2.05) is 11.8 Å². The standard InChI is InChI=1S/C17H25NS/c1-2-12-7-3-4-8-13(12)17(18)15-11-19-16-10-6-5-9-14(15)16/h5-6,9-10,12-13,15,17H,2-4,7-8,11,18H2,1H3. The van der Waals surface area contributed by atoms with E-state index in [9.17, 15) is 0 Å². The summed E-state index contributed by atoms with van der Waals surface area (Å²) in [6.45, 7) is 2.34. The van der Waals surface area contributed by atoms with Crippen molar-refractivity contribution in [1.29, 1.82) is 0 Å². The molecule has 2 N–H and O–H groups in total. The fourth-order valence-electron chi connectivity index (χ4n) is 4.05. The molecule has 19 heavy (non-hydrogen) atoms. The van der Waals surface area contributed by atoms with Crippen molar-refractivity contribution in [3.63, 3.8) is 0 Å². The van der Waals surface area contributed by atoms with Crippen LogP contribution in [0.5, 0.6) is 0 Å². The zero-order valence-electron chi connectivity index (χ0n) is 11.8. The van der Waals surface area contributed by atoms with Crippen molar-refractivity contribution < 1.29 is 0 Å². The van der Waals surface area contributed by atoms with Crippen molar-refractivity contribution >= 4 is 11.8 Å². The normalized spacial score (nSPS) is 32.0. The van der Waals surface area contributed by atoms with Gasteiger partial charge in [-0.05, 0) is 29.9 Å². The lowest BCUT2D eigenvalue weighted by atomic mass is 9.70. The first kappa shape index (κ1) is 13.5. The first-order valence-electron chi connectivity index (χ1n) is 7.78. The van der Waals surface area contributed by atoms with E-state index in [-0.39, 0.29) is 0 Å². The molecule has 1 aliphatic carbocycles. The molecule has 0 bridgehead atoms. The molecule has 1 aliphatic heterocycles. The van der Waals surface area contributed by atoms with E-state index < -0.39 is 0 Å². The minimum Gasteiger partial charge on any atom is -0.327 e. The van der Waals surface area contributed by atoms with E-state index in [1.165, 1.54) is 48.3 Å². The lowest BCUT2D eigenvalue weighted by Crippen LogP contribution is -2.41. The van der Waals surface area contributed by atoms with Gasteiger partial charge in [-0.3, -0.25) is 0 Å². The van der Waals surface area contributed by atoms with Gasteiger partial charge in [-0.2, -0.15) is 0 Å². The first-order valence-corrected chi connectivity index (χ1v) is 8.77. The number of thioether (sulfide) groups is 1.